The van der Waals surface area contributed by atoms with Gasteiger partial charge < -0.3 is 28.1 Å². The maximum Gasteiger partial charge on any atom is 2.00 e. The van der Waals surface area contributed by atoms with Gasteiger partial charge in [0.1, 0.15) is 20.2 Å². The number of esters is 4. The van der Waals surface area contributed by atoms with Gasteiger partial charge in [0.15, 0.2) is 0 Å². The zero-order chi connectivity index (χ0) is 87.2. The van der Waals surface area contributed by atoms with Crippen LogP contribution in [0.4, 0.5) is 0 Å². The van der Waals surface area contributed by atoms with Gasteiger partial charge in [-0.1, -0.05) is 422 Å². The van der Waals surface area contributed by atoms with Crippen LogP contribution in [0.3, 0.4) is 0 Å². The second-order valence-electron chi connectivity index (χ2n) is 34.2. The molecule has 0 atom stereocenters. The van der Waals surface area contributed by atoms with Crippen molar-refractivity contribution < 1.29 is 64.1 Å². The Balaban J connectivity index is 0.00000236. The van der Waals surface area contributed by atoms with Crippen LogP contribution >= 0.6 is 0 Å². The summed E-state index contributed by atoms with van der Waals surface area (Å²) < 4.78 is 93.8. The SMILES string of the molecule is CCCCCCCCCCC/C=C/CCCCCCCCCOC(=O)c1cccc(S(=O)(=O)[O-])c1C(=O)OCCCCCCCCC/C=C/CCCCCCCCCCC.CCCCCCCCCCC/C=C/CCCCCCCCCOC(=O)c1cccc(S(=O)(=O)[O-])c1C(=O)OCCCCCCCCC/C=C/CCCCCCCCCCC.[Ca+2]. The Morgan fingerprint density at radius 2 is 0.380 bits per heavy atom. The van der Waals surface area contributed by atoms with Gasteiger partial charge in [-0.15, -0.1) is 0 Å². The summed E-state index contributed by atoms with van der Waals surface area (Å²) in [6.07, 6.45) is 107. The largest absolute Gasteiger partial charge is 2.00 e. The minimum atomic E-state index is -5.02. The molecule has 0 spiro atoms. The average Bonchev–Trinajstić information content (AvgIpc) is 0.796. The number of rotatable bonds is 86. The van der Waals surface area contributed by atoms with E-state index in [2.05, 4.69) is 76.3 Å². The fourth-order valence-electron chi connectivity index (χ4n) is 15.4. The quantitative estimate of drug-likeness (QED) is 0.0150. The van der Waals surface area contributed by atoms with Gasteiger partial charge >= 0.3 is 61.6 Å². The molecule has 0 N–H and O–H groups in total. The molecule has 0 aliphatic carbocycles. The zero-order valence-electron chi connectivity index (χ0n) is 78.1. The molecule has 0 fully saturated rings. The summed E-state index contributed by atoms with van der Waals surface area (Å²) in [4.78, 5) is 50.6. The van der Waals surface area contributed by atoms with Crippen LogP contribution < -0.4 is 0 Å². The normalized spacial score (nSPS) is 11.8. The van der Waals surface area contributed by atoms with Gasteiger partial charge in [0.05, 0.1) is 58.5 Å². The van der Waals surface area contributed by atoms with E-state index in [-0.39, 0.29) is 75.3 Å². The summed E-state index contributed by atoms with van der Waals surface area (Å²) in [7, 11) is -10.0. The number of ether oxygens (including phenoxy) is 4. The summed E-state index contributed by atoms with van der Waals surface area (Å²) in [6, 6.07) is 7.26. The summed E-state index contributed by atoms with van der Waals surface area (Å²) in [5.74, 6) is -3.63. The van der Waals surface area contributed by atoms with Crippen LogP contribution in [0.5, 0.6) is 0 Å². The number of allylic oxidation sites excluding steroid dienone is 8. The van der Waals surface area contributed by atoms with E-state index in [0.29, 0.717) is 25.7 Å². The molecular formula is C104H178CaO14S2. The molecule has 0 aliphatic rings. The molecule has 0 bridgehead atoms. The molecule has 692 valence electrons. The Morgan fingerprint density at radius 3 is 0.545 bits per heavy atom. The van der Waals surface area contributed by atoms with Crippen molar-refractivity contribution >= 4 is 81.9 Å². The fraction of sp³-hybridized carbons (Fsp3) is 0.769. The molecular weight excluding hydrogens is 1580 g/mol. The van der Waals surface area contributed by atoms with Gasteiger partial charge in [0, 0.05) is 0 Å². The molecule has 14 nitrogen and oxygen atoms in total. The number of benzene rings is 2. The number of carbonyl (C=O) groups excluding carboxylic acids is 4. The van der Waals surface area contributed by atoms with Crippen LogP contribution in [-0.4, -0.2) is 114 Å². The molecule has 2 aromatic rings. The third-order valence-electron chi connectivity index (χ3n) is 23.0. The first kappa shape index (κ1) is 117. The van der Waals surface area contributed by atoms with Crippen LogP contribution in [0.25, 0.3) is 0 Å². The predicted molar refractivity (Wildman–Crippen MR) is 507 cm³/mol. The van der Waals surface area contributed by atoms with E-state index < -0.39 is 65.0 Å². The van der Waals surface area contributed by atoms with Crippen LogP contribution in [-0.2, 0) is 39.2 Å². The smallest absolute Gasteiger partial charge is 0.744 e. The van der Waals surface area contributed by atoms with Crippen molar-refractivity contribution in [3.63, 3.8) is 0 Å². The molecule has 2 aromatic carbocycles. The first-order chi connectivity index (χ1) is 58.6. The summed E-state index contributed by atoms with van der Waals surface area (Å²) >= 11 is 0. The molecule has 0 radical (unpaired) electrons. The number of unbranched alkanes of at least 4 members (excludes halogenated alkanes) is 64. The average molecular weight is 1760 g/mol. The molecule has 0 unspecified atom stereocenters. The van der Waals surface area contributed by atoms with Crippen molar-refractivity contribution in [2.45, 2.75) is 500 Å². The molecule has 121 heavy (non-hydrogen) atoms. The van der Waals surface area contributed by atoms with Gasteiger partial charge in [-0.3, -0.25) is 0 Å². The summed E-state index contributed by atoms with van der Waals surface area (Å²) in [5.41, 5.74) is -1.56. The fourth-order valence-corrected chi connectivity index (χ4v) is 16.8. The van der Waals surface area contributed by atoms with E-state index in [0.717, 1.165) is 115 Å². The molecule has 17 heteroatoms. The van der Waals surface area contributed by atoms with Crippen molar-refractivity contribution in [2.24, 2.45) is 0 Å². The van der Waals surface area contributed by atoms with E-state index in [1.807, 2.05) is 0 Å². The Morgan fingerprint density at radius 1 is 0.231 bits per heavy atom. The standard InChI is InChI=1S/2C52H90O7S.Ca/c2*1-3-5-7-9-11-13-15-17-19-21-23-25-27-29-31-33-35-37-39-41-46-58-51(53)48-44-43-45-49(60(55,56)57)50(48)52(54)59-47-42-40-38-36-34-32-30-28-26-24-22-20-18-16-14-12-10-8-6-4-2;/h2*23-26,43-45H,3-22,27-42,46-47H2,1-2H3,(H,55,56,57);/q;;+2/p-2/b2*25-23+,26-24+;. The van der Waals surface area contributed by atoms with E-state index >= 15 is 0 Å². The number of hydrogen-bond donors (Lipinski definition) is 0. The van der Waals surface area contributed by atoms with E-state index in [4.69, 9.17) is 18.9 Å². The van der Waals surface area contributed by atoms with Crippen LogP contribution in [0.1, 0.15) is 531 Å². The molecule has 0 amide bonds. The van der Waals surface area contributed by atoms with Crippen molar-refractivity contribution in [3.05, 3.63) is 107 Å². The van der Waals surface area contributed by atoms with E-state index in [1.54, 1.807) is 0 Å². The first-order valence-electron chi connectivity index (χ1n) is 50.1. The summed E-state index contributed by atoms with van der Waals surface area (Å²) in [5, 5.41) is 0. The van der Waals surface area contributed by atoms with E-state index in [9.17, 15) is 45.1 Å². The molecule has 0 heterocycles. The minimum absolute atomic E-state index is 0. The predicted octanol–water partition coefficient (Wildman–Crippen LogP) is 31.8. The van der Waals surface area contributed by atoms with Crippen molar-refractivity contribution in [3.8, 4) is 0 Å². The van der Waals surface area contributed by atoms with Crippen molar-refractivity contribution in [2.75, 3.05) is 26.4 Å². The van der Waals surface area contributed by atoms with Crippen LogP contribution in [0.2, 0.25) is 0 Å². The van der Waals surface area contributed by atoms with Crippen LogP contribution in [0.15, 0.2) is 94.8 Å². The second kappa shape index (κ2) is 88.4. The molecule has 0 saturated heterocycles. The van der Waals surface area contributed by atoms with Crippen LogP contribution in [0, 0.1) is 0 Å². The molecule has 0 saturated carbocycles. The minimum Gasteiger partial charge on any atom is -0.744 e. The molecule has 2 rings (SSSR count). The maximum absolute atomic E-state index is 13.1. The number of carbonyl (C=O) groups is 4. The third kappa shape index (κ3) is 73.0. The summed E-state index contributed by atoms with van der Waals surface area (Å²) in [6.45, 7) is 9.54. The second-order valence-corrected chi connectivity index (χ2v) is 36.9. The van der Waals surface area contributed by atoms with Gasteiger partial charge in [-0.25, -0.2) is 36.0 Å². The van der Waals surface area contributed by atoms with Crippen molar-refractivity contribution in [1.29, 1.82) is 0 Å². The topological polar surface area (TPSA) is 220 Å². The van der Waals surface area contributed by atoms with Gasteiger partial charge in [0.2, 0.25) is 0 Å². The molecule has 0 aliphatic heterocycles. The Labute approximate surface area is 773 Å². The third-order valence-corrected chi connectivity index (χ3v) is 24.8. The van der Waals surface area contributed by atoms with E-state index in [1.165, 1.54) is 358 Å². The molecule has 0 aromatic heterocycles. The zero-order valence-corrected chi connectivity index (χ0v) is 81.9. The van der Waals surface area contributed by atoms with Crippen molar-refractivity contribution in [1.82, 2.24) is 0 Å². The maximum atomic E-state index is 13.1. The Hall–Kier alpha value is -3.64. The number of hydrogen-bond acceptors (Lipinski definition) is 14. The Kier molecular flexibility index (Phi) is 85.7. The Bertz CT molecular complexity index is 2880. The van der Waals surface area contributed by atoms with Gasteiger partial charge in [0.25, 0.3) is 0 Å². The monoisotopic (exact) mass is 1760 g/mol. The first-order valence-corrected chi connectivity index (χ1v) is 52.9. The van der Waals surface area contributed by atoms with Gasteiger partial charge in [-0.05, 0) is 153 Å². The van der Waals surface area contributed by atoms with Gasteiger partial charge in [-0.2, -0.15) is 0 Å².